The molecule has 3 heterocycles. The second-order valence-corrected chi connectivity index (χ2v) is 8.51. The van der Waals surface area contributed by atoms with Gasteiger partial charge in [-0.05, 0) is 30.4 Å². The molecule has 2 aromatic rings. The third kappa shape index (κ3) is 2.55. The second kappa shape index (κ2) is 5.96. The molecule has 2 saturated heterocycles. The summed E-state index contributed by atoms with van der Waals surface area (Å²) < 4.78 is 1.28. The zero-order valence-electron chi connectivity index (χ0n) is 11.9. The molecule has 10 heteroatoms. The van der Waals surface area contributed by atoms with Crippen LogP contribution in [0.4, 0.5) is 0 Å². The lowest BCUT2D eigenvalue weighted by Gasteiger charge is -2.24. The number of amides is 2. The number of benzene rings is 1. The first kappa shape index (κ1) is 15.8. The van der Waals surface area contributed by atoms with Gasteiger partial charge >= 0.3 is 0 Å². The van der Waals surface area contributed by atoms with Crippen molar-refractivity contribution < 1.29 is 9.59 Å². The van der Waals surface area contributed by atoms with E-state index >= 15 is 0 Å². The highest BCUT2D eigenvalue weighted by Crippen LogP contribution is 2.37. The van der Waals surface area contributed by atoms with E-state index in [4.69, 9.17) is 17.6 Å². The van der Waals surface area contributed by atoms with Gasteiger partial charge in [0.2, 0.25) is 0 Å². The molecular weight excluding hydrogens is 384 g/mol. The molecule has 24 heavy (non-hydrogen) atoms. The number of thiocarbonyl (C=S) groups is 1. The van der Waals surface area contributed by atoms with Gasteiger partial charge in [-0.1, -0.05) is 35.7 Å². The van der Waals surface area contributed by atoms with Gasteiger partial charge in [0, 0.05) is 0 Å². The summed E-state index contributed by atoms with van der Waals surface area (Å²) in [6.07, 6.45) is 1.68. The largest absolute Gasteiger partial charge is 0.285 e. The fourth-order valence-corrected chi connectivity index (χ4v) is 5.15. The maximum atomic E-state index is 12.6. The molecule has 2 aliphatic heterocycles. The van der Waals surface area contributed by atoms with Crippen molar-refractivity contribution in [1.82, 2.24) is 15.0 Å². The van der Waals surface area contributed by atoms with Gasteiger partial charge in [0.05, 0.1) is 20.9 Å². The minimum Gasteiger partial charge on any atom is -0.277 e. The zero-order valence-corrected chi connectivity index (χ0v) is 15.2. The average Bonchev–Trinajstić information content (AvgIpc) is 3.18. The Kier molecular flexibility index (Phi) is 3.91. The first-order chi connectivity index (χ1) is 11.5. The summed E-state index contributed by atoms with van der Waals surface area (Å²) in [4.78, 5) is 29.4. The molecule has 6 nitrogen and oxygen atoms in total. The normalized spacial score (nSPS) is 20.2. The van der Waals surface area contributed by atoms with Crippen LogP contribution >= 0.6 is 47.1 Å². The van der Waals surface area contributed by atoms with Crippen molar-refractivity contribution in [1.29, 1.82) is 5.41 Å². The van der Waals surface area contributed by atoms with Crippen LogP contribution in [0.25, 0.3) is 16.3 Å². The lowest BCUT2D eigenvalue weighted by atomic mass is 10.3. The van der Waals surface area contributed by atoms with Gasteiger partial charge < -0.3 is 0 Å². The number of nitrogens with zero attached hydrogens (tertiary/aromatic N) is 3. The van der Waals surface area contributed by atoms with Crippen molar-refractivity contribution in [2.75, 3.05) is 5.75 Å². The monoisotopic (exact) mass is 392 g/mol. The van der Waals surface area contributed by atoms with E-state index in [2.05, 4.69) is 4.98 Å². The Morgan fingerprint density at radius 1 is 1.25 bits per heavy atom. The minimum atomic E-state index is -0.398. The number of thiazole rings is 1. The van der Waals surface area contributed by atoms with Crippen molar-refractivity contribution in [2.24, 2.45) is 0 Å². The van der Waals surface area contributed by atoms with E-state index in [1.54, 1.807) is 6.08 Å². The van der Waals surface area contributed by atoms with E-state index in [0.717, 1.165) is 43.8 Å². The molecule has 120 valence electrons. The van der Waals surface area contributed by atoms with Crippen molar-refractivity contribution in [3.63, 3.8) is 0 Å². The number of aromatic nitrogens is 1. The first-order valence-electron chi connectivity index (χ1n) is 6.72. The molecule has 1 aromatic carbocycles. The highest BCUT2D eigenvalue weighted by atomic mass is 32.2. The third-order valence-electron chi connectivity index (χ3n) is 3.30. The summed E-state index contributed by atoms with van der Waals surface area (Å²) in [7, 11) is 0. The van der Waals surface area contributed by atoms with E-state index in [-0.39, 0.29) is 21.1 Å². The Bertz CT molecular complexity index is 902. The van der Waals surface area contributed by atoms with Gasteiger partial charge in [-0.3, -0.25) is 15.0 Å². The van der Waals surface area contributed by atoms with E-state index in [9.17, 15) is 9.59 Å². The highest BCUT2D eigenvalue weighted by molar-refractivity contribution is 8.26. The number of hydrazine groups is 1. The van der Waals surface area contributed by atoms with Crippen molar-refractivity contribution in [2.45, 2.75) is 0 Å². The zero-order chi connectivity index (χ0) is 16.8. The summed E-state index contributed by atoms with van der Waals surface area (Å²) in [6.45, 7) is 0. The van der Waals surface area contributed by atoms with Crippen LogP contribution in [-0.4, -0.2) is 42.1 Å². The summed E-state index contributed by atoms with van der Waals surface area (Å²) in [5.74, 6) is -0.570. The third-order valence-corrected chi connectivity index (χ3v) is 6.40. The van der Waals surface area contributed by atoms with Crippen LogP contribution in [-0.2, 0) is 9.59 Å². The lowest BCUT2D eigenvalue weighted by Crippen LogP contribution is -2.48. The molecule has 0 unspecified atom stereocenters. The van der Waals surface area contributed by atoms with Crippen LogP contribution in [0.3, 0.4) is 0 Å². The molecule has 0 bridgehead atoms. The lowest BCUT2D eigenvalue weighted by molar-refractivity contribution is -0.141. The molecule has 1 aromatic heterocycles. The van der Waals surface area contributed by atoms with E-state index in [0.29, 0.717) is 9.91 Å². The highest BCUT2D eigenvalue weighted by Gasteiger charge is 2.43. The molecule has 2 amide bonds. The number of rotatable bonds is 2. The van der Waals surface area contributed by atoms with Gasteiger partial charge in [-0.25, -0.2) is 4.98 Å². The molecule has 2 fully saturated rings. The molecule has 4 rings (SSSR count). The maximum absolute atomic E-state index is 12.6. The Morgan fingerprint density at radius 3 is 2.75 bits per heavy atom. The molecule has 2 aliphatic rings. The number of hydrogen-bond acceptors (Lipinski definition) is 8. The average molecular weight is 393 g/mol. The van der Waals surface area contributed by atoms with Crippen LogP contribution in [0, 0.1) is 5.41 Å². The van der Waals surface area contributed by atoms with Gasteiger partial charge in [0.15, 0.2) is 9.49 Å². The molecular formula is C14H8N4O2S4. The van der Waals surface area contributed by atoms with E-state index < -0.39 is 5.91 Å². The van der Waals surface area contributed by atoms with Crippen LogP contribution in [0.5, 0.6) is 0 Å². The number of thioether (sulfide) groups is 2. The number of carbonyl (C=O) groups is 2. The predicted molar refractivity (Wildman–Crippen MR) is 102 cm³/mol. The standard InChI is InChI=1S/C14H8N4O2S4/c15-13-17(11(19)6-22-13)18-12(20)9(24-14(18)21)5-10-16-7-3-1-2-4-8(7)23-10/h1-5,15H,6H2/b9-5-,15-13?. The summed E-state index contributed by atoms with van der Waals surface area (Å²) in [5, 5.41) is 10.7. The van der Waals surface area contributed by atoms with Gasteiger partial charge in [-0.2, -0.15) is 10.0 Å². The molecule has 1 N–H and O–H groups in total. The van der Waals surface area contributed by atoms with Crippen molar-refractivity contribution in [3.8, 4) is 0 Å². The van der Waals surface area contributed by atoms with Crippen molar-refractivity contribution >= 4 is 84.7 Å². The second-order valence-electron chi connectivity index (χ2n) is 4.81. The van der Waals surface area contributed by atoms with Crippen LogP contribution in [0.1, 0.15) is 5.01 Å². The fraction of sp³-hybridized carbons (Fsp3) is 0.0714. The molecule has 0 spiro atoms. The van der Waals surface area contributed by atoms with E-state index in [1.807, 2.05) is 24.3 Å². The Balaban J connectivity index is 1.67. The van der Waals surface area contributed by atoms with E-state index in [1.165, 1.54) is 11.3 Å². The molecule has 0 radical (unpaired) electrons. The van der Waals surface area contributed by atoms with Crippen LogP contribution in [0.15, 0.2) is 29.2 Å². The van der Waals surface area contributed by atoms with Crippen LogP contribution < -0.4 is 0 Å². The smallest absolute Gasteiger partial charge is 0.277 e. The van der Waals surface area contributed by atoms with Gasteiger partial charge in [0.25, 0.3) is 11.8 Å². The number of fused-ring (bicyclic) bond motifs is 1. The molecule has 0 aliphatic carbocycles. The van der Waals surface area contributed by atoms with Gasteiger partial charge in [0.1, 0.15) is 5.01 Å². The quantitative estimate of drug-likeness (QED) is 0.625. The summed E-state index contributed by atoms with van der Waals surface area (Å²) in [6, 6.07) is 7.73. The number of nitrogens with one attached hydrogen (secondary N) is 1. The number of para-hydroxylation sites is 1. The van der Waals surface area contributed by atoms with Crippen molar-refractivity contribution in [3.05, 3.63) is 34.2 Å². The van der Waals surface area contributed by atoms with Gasteiger partial charge in [-0.15, -0.1) is 11.3 Å². The number of hydrogen-bond donors (Lipinski definition) is 1. The SMILES string of the molecule is N=C1SCC(=O)N1N1C(=O)/C(=C/c2nc3ccccc3s2)SC1=S. The molecule has 0 atom stereocenters. The predicted octanol–water partition coefficient (Wildman–Crippen LogP) is 2.92. The van der Waals surface area contributed by atoms with Crippen LogP contribution in [0.2, 0.25) is 0 Å². The Morgan fingerprint density at radius 2 is 2.04 bits per heavy atom. The topological polar surface area (TPSA) is 77.4 Å². The fourth-order valence-electron chi connectivity index (χ4n) is 2.26. The summed E-state index contributed by atoms with van der Waals surface area (Å²) in [5.41, 5.74) is 0.872. The first-order valence-corrected chi connectivity index (χ1v) is 9.75. The Labute approximate surface area is 154 Å². The summed E-state index contributed by atoms with van der Waals surface area (Å²) >= 11 is 8.90. The maximum Gasteiger partial charge on any atom is 0.285 e. The Hall–Kier alpha value is -1.75. The minimum absolute atomic E-state index is 0.0116. The molecule has 0 saturated carbocycles. The number of carbonyl (C=O) groups excluding carboxylic acids is 2. The number of amidine groups is 1.